The third kappa shape index (κ3) is 13.8. The van der Waals surface area contributed by atoms with E-state index in [0.717, 1.165) is 75.4 Å². The van der Waals surface area contributed by atoms with Gasteiger partial charge in [-0.05, 0) is 33.1 Å². The first kappa shape index (κ1) is 40.6. The Balaban J connectivity index is 0.000000275. The van der Waals surface area contributed by atoms with Crippen LogP contribution in [0.15, 0.2) is 0 Å². The molecule has 0 bridgehead atoms. The molecule has 4 heterocycles. The van der Waals surface area contributed by atoms with Crippen molar-refractivity contribution < 1.29 is 34.8 Å². The predicted molar refractivity (Wildman–Crippen MR) is 194 cm³/mol. The summed E-state index contributed by atoms with van der Waals surface area (Å²) >= 11 is 42.2. The van der Waals surface area contributed by atoms with Crippen molar-refractivity contribution in [2.24, 2.45) is 0 Å². The Morgan fingerprint density at radius 1 is 0.581 bits per heavy atom. The van der Waals surface area contributed by atoms with Crippen LogP contribution in [-0.2, 0) is 60.0 Å². The third-order valence-electron chi connectivity index (χ3n) is 6.05. The van der Waals surface area contributed by atoms with Crippen molar-refractivity contribution in [1.29, 1.82) is 0 Å². The van der Waals surface area contributed by atoms with Gasteiger partial charge in [0.15, 0.2) is 8.64 Å². The van der Waals surface area contributed by atoms with Crippen molar-refractivity contribution in [1.82, 2.24) is 40.5 Å². The van der Waals surface area contributed by atoms with E-state index in [4.69, 9.17) is 90.4 Å². The fraction of sp³-hybridized carbons (Fsp3) is 0.800. The van der Waals surface area contributed by atoms with Gasteiger partial charge in [0, 0.05) is 75.4 Å². The second-order valence-corrected chi connectivity index (χ2v) is 15.7. The molecule has 0 amide bonds. The number of thioether (sulfide) groups is 2. The van der Waals surface area contributed by atoms with E-state index in [1.165, 1.54) is 0 Å². The third-order valence-corrected chi connectivity index (χ3v) is 9.27. The molecule has 4 aliphatic heterocycles. The van der Waals surface area contributed by atoms with Gasteiger partial charge in [-0.1, -0.05) is 0 Å². The van der Waals surface area contributed by atoms with Gasteiger partial charge in [-0.25, -0.2) is 20.3 Å². The molecule has 0 aliphatic carbocycles. The number of hydrazine groups is 6. The second-order valence-electron chi connectivity index (χ2n) is 8.59. The van der Waals surface area contributed by atoms with Gasteiger partial charge in [0.1, 0.15) is 0 Å². The number of thiol groups is 2. The minimum atomic E-state index is -2.03. The van der Waals surface area contributed by atoms with Gasteiger partial charge >= 0.3 is 25.3 Å². The molecule has 0 aromatic carbocycles. The van der Waals surface area contributed by atoms with Gasteiger partial charge < -0.3 is 59.2 Å². The van der Waals surface area contributed by atoms with Crippen LogP contribution in [0.3, 0.4) is 0 Å². The molecule has 0 spiro atoms. The molecule has 0 radical (unpaired) electrons. The number of hydrogen-bond donors (Lipinski definition) is 2. The summed E-state index contributed by atoms with van der Waals surface area (Å²) in [5.74, 6) is 4.24. The van der Waals surface area contributed by atoms with E-state index in [0.29, 0.717) is 43.7 Å². The second kappa shape index (κ2) is 22.9. The Labute approximate surface area is 314 Å². The first-order valence-electron chi connectivity index (χ1n) is 12.9. The fourth-order valence-corrected chi connectivity index (χ4v) is 7.59. The van der Waals surface area contributed by atoms with Crippen LogP contribution in [0.5, 0.6) is 0 Å². The molecular weight excluding hydrogens is 833 g/mol. The Morgan fingerprint density at radius 2 is 0.837 bits per heavy atom. The zero-order valence-corrected chi connectivity index (χ0v) is 33.4. The topological polar surface area (TPSA) is 78.5 Å². The molecule has 4 fully saturated rings. The first-order valence-corrected chi connectivity index (χ1v) is 20.2. The van der Waals surface area contributed by atoms with E-state index in [1.54, 1.807) is 0 Å². The van der Waals surface area contributed by atoms with Crippen LogP contribution in [-0.4, -0.2) is 160 Å². The molecule has 4 saturated heterocycles. The van der Waals surface area contributed by atoms with Crippen LogP contribution in [0.1, 0.15) is 0 Å². The van der Waals surface area contributed by atoms with Crippen LogP contribution in [0.25, 0.3) is 0 Å². The van der Waals surface area contributed by atoms with E-state index in [1.807, 2.05) is 44.0 Å². The number of nitrogens with zero attached hydrogens (tertiary/aromatic N) is 8. The quantitative estimate of drug-likeness (QED) is 0.140. The van der Waals surface area contributed by atoms with Gasteiger partial charge in [-0.2, -0.15) is 43.8 Å². The average Bonchev–Trinajstić information content (AvgIpc) is 3.00. The zero-order valence-electron chi connectivity index (χ0n) is 23.1. The number of hydrogen-bond acceptors (Lipinski definition) is 16. The molecule has 4 rings (SSSR count). The normalized spacial score (nSPS) is 20.1. The predicted octanol–water partition coefficient (Wildman–Crippen LogP) is 1.29. The van der Waals surface area contributed by atoms with Crippen molar-refractivity contribution in [2.75, 3.05) is 102 Å². The molecular formula is C20H34MoN8O4S10. The molecule has 12 nitrogen and oxygen atoms in total. The maximum absolute atomic E-state index is 8.50. The summed E-state index contributed by atoms with van der Waals surface area (Å²) in [7, 11) is 0. The molecule has 43 heavy (non-hydrogen) atoms. The van der Waals surface area contributed by atoms with Gasteiger partial charge in [0.2, 0.25) is 0 Å². The van der Waals surface area contributed by atoms with Gasteiger partial charge in [0.25, 0.3) is 0 Å². The summed E-state index contributed by atoms with van der Waals surface area (Å²) in [5.41, 5.74) is 0. The maximum atomic E-state index is 8.50. The van der Waals surface area contributed by atoms with Crippen LogP contribution >= 0.6 is 97.7 Å². The van der Waals surface area contributed by atoms with Gasteiger partial charge in [0.05, 0.1) is 26.4 Å². The standard InChI is InChI=1S/2C10H18N4OS5.Mo.2O/c2*16-9(17)13(11-1-5-15-6-2-11)14(10(18)19)12-3-7-20-8-4-12;;;/h2*1-8H2,(H,16,17)(H,18,19);;;/q;;+2;;/p-2. The molecule has 0 aromatic heterocycles. The van der Waals surface area contributed by atoms with Crippen molar-refractivity contribution >= 4 is 140 Å². The zero-order chi connectivity index (χ0) is 31.8. The molecule has 0 N–H and O–H groups in total. The molecule has 0 aromatic rings. The van der Waals surface area contributed by atoms with Crippen molar-refractivity contribution in [2.45, 2.75) is 0 Å². The summed E-state index contributed by atoms with van der Waals surface area (Å²) < 4.78 is 29.4. The average molecular weight is 867 g/mol. The molecule has 0 saturated carbocycles. The monoisotopic (exact) mass is 868 g/mol. The van der Waals surface area contributed by atoms with Crippen LogP contribution < -0.4 is 0 Å². The van der Waals surface area contributed by atoms with Crippen LogP contribution in [0.4, 0.5) is 0 Å². The number of morpholine rings is 2. The summed E-state index contributed by atoms with van der Waals surface area (Å²) in [4.78, 5) is 0. The molecule has 4 aliphatic rings. The summed E-state index contributed by atoms with van der Waals surface area (Å²) in [6.45, 7) is 9.27. The fourth-order valence-electron chi connectivity index (χ4n) is 4.24. The Morgan fingerprint density at radius 3 is 1.07 bits per heavy atom. The summed E-state index contributed by atoms with van der Waals surface area (Å²) in [6.07, 6.45) is 0. The van der Waals surface area contributed by atoms with Crippen LogP contribution in [0, 0.1) is 0 Å². The van der Waals surface area contributed by atoms with E-state index in [9.17, 15) is 0 Å². The Bertz CT molecular complexity index is 815. The van der Waals surface area contributed by atoms with E-state index < -0.39 is 18.5 Å². The van der Waals surface area contributed by atoms with Crippen molar-refractivity contribution in [3.05, 3.63) is 0 Å². The molecule has 0 atom stereocenters. The van der Waals surface area contributed by atoms with Crippen molar-refractivity contribution in [3.8, 4) is 0 Å². The first-order chi connectivity index (χ1) is 20.6. The summed E-state index contributed by atoms with van der Waals surface area (Å²) in [6, 6.07) is 0. The number of thiocarbonyl (C=S) groups is 4. The van der Waals surface area contributed by atoms with E-state index >= 15 is 0 Å². The Kier molecular flexibility index (Phi) is 21.6. The number of ether oxygens (including phenoxy) is 2. The SMILES string of the molecule is S=C([S-])N(N1CCSCC1)N(C(=S)S)N1CCOCC1.S=C([S-])N(N1CCSCC1)N(C(=S)S)N1CCOCC1.[O]=[Mo+2]=[O]. The number of rotatable bonds is 4. The van der Waals surface area contributed by atoms with E-state index in [2.05, 4.69) is 45.3 Å². The van der Waals surface area contributed by atoms with Gasteiger partial charge in [-0.15, -0.1) is 25.3 Å². The molecule has 244 valence electrons. The van der Waals surface area contributed by atoms with Crippen molar-refractivity contribution in [3.63, 3.8) is 0 Å². The summed E-state index contributed by atoms with van der Waals surface area (Å²) in [5, 5.41) is 15.7. The minimum absolute atomic E-state index is 0.361. The van der Waals surface area contributed by atoms with Crippen LogP contribution in [0.2, 0.25) is 0 Å². The van der Waals surface area contributed by atoms with E-state index in [-0.39, 0.29) is 0 Å². The van der Waals surface area contributed by atoms with Gasteiger partial charge in [-0.3, -0.25) is 0 Å². The molecule has 0 unspecified atom stereocenters. The molecule has 23 heteroatoms. The Hall–Kier alpha value is 1.45.